The SMILES string of the molecule is CCCNC(=O)CCNC(=NCc1cc(F)ccc1CS(C)(=O)=O)NCC. The molecule has 0 aliphatic rings. The first-order chi connectivity index (χ1) is 12.7. The molecule has 0 aromatic heterocycles. The molecule has 0 bridgehead atoms. The summed E-state index contributed by atoms with van der Waals surface area (Å²) in [5.74, 6) is -0.168. The van der Waals surface area contributed by atoms with Crippen LogP contribution in [0.2, 0.25) is 0 Å². The zero-order chi connectivity index (χ0) is 20.3. The van der Waals surface area contributed by atoms with Gasteiger partial charge < -0.3 is 16.0 Å². The minimum Gasteiger partial charge on any atom is -0.357 e. The molecule has 1 rings (SSSR count). The topological polar surface area (TPSA) is 99.7 Å². The van der Waals surface area contributed by atoms with Crippen molar-refractivity contribution in [1.29, 1.82) is 0 Å². The lowest BCUT2D eigenvalue weighted by Crippen LogP contribution is -2.39. The minimum atomic E-state index is -3.24. The van der Waals surface area contributed by atoms with Crippen LogP contribution < -0.4 is 16.0 Å². The van der Waals surface area contributed by atoms with E-state index in [-0.39, 0.29) is 18.2 Å². The van der Waals surface area contributed by atoms with Crippen molar-refractivity contribution in [3.05, 3.63) is 35.1 Å². The first-order valence-electron chi connectivity index (χ1n) is 8.99. The average Bonchev–Trinajstić information content (AvgIpc) is 2.58. The summed E-state index contributed by atoms with van der Waals surface area (Å²) in [4.78, 5) is 16.0. The van der Waals surface area contributed by atoms with E-state index in [9.17, 15) is 17.6 Å². The molecule has 0 aliphatic heterocycles. The molecule has 0 saturated heterocycles. The van der Waals surface area contributed by atoms with Gasteiger partial charge in [0.1, 0.15) is 5.82 Å². The van der Waals surface area contributed by atoms with E-state index in [4.69, 9.17) is 0 Å². The molecule has 1 aromatic rings. The molecular weight excluding hydrogens is 371 g/mol. The van der Waals surface area contributed by atoms with Crippen molar-refractivity contribution in [3.63, 3.8) is 0 Å². The number of carbonyl (C=O) groups is 1. The van der Waals surface area contributed by atoms with Crippen molar-refractivity contribution in [3.8, 4) is 0 Å². The summed E-state index contributed by atoms with van der Waals surface area (Å²) >= 11 is 0. The molecule has 0 saturated carbocycles. The lowest BCUT2D eigenvalue weighted by atomic mass is 10.1. The van der Waals surface area contributed by atoms with Gasteiger partial charge in [-0.2, -0.15) is 0 Å². The number of carbonyl (C=O) groups excluding carboxylic acids is 1. The first-order valence-corrected chi connectivity index (χ1v) is 11.0. The number of guanidine groups is 1. The van der Waals surface area contributed by atoms with Crippen LogP contribution in [0, 0.1) is 5.82 Å². The Kier molecular flexibility index (Phi) is 9.77. The van der Waals surface area contributed by atoms with Crippen molar-refractivity contribution in [2.24, 2.45) is 4.99 Å². The second-order valence-corrected chi connectivity index (χ2v) is 8.35. The standard InChI is InChI=1S/C18H29FN4O3S/c1-4-9-21-17(24)8-10-22-18(20-5-2)23-12-15-11-16(19)7-6-14(15)13-27(3,25)26/h6-7,11H,4-5,8-10,12-13H2,1-3H3,(H,21,24)(H2,20,22,23). The minimum absolute atomic E-state index is 0.0410. The zero-order valence-corrected chi connectivity index (χ0v) is 17.0. The molecule has 7 nitrogen and oxygen atoms in total. The van der Waals surface area contributed by atoms with Gasteiger partial charge in [-0.15, -0.1) is 0 Å². The number of rotatable bonds is 10. The quantitative estimate of drug-likeness (QED) is 0.407. The van der Waals surface area contributed by atoms with Crippen LogP contribution in [0.5, 0.6) is 0 Å². The third-order valence-electron chi connectivity index (χ3n) is 3.55. The predicted molar refractivity (Wildman–Crippen MR) is 106 cm³/mol. The van der Waals surface area contributed by atoms with Crippen molar-refractivity contribution in [1.82, 2.24) is 16.0 Å². The second-order valence-electron chi connectivity index (χ2n) is 6.21. The summed E-state index contributed by atoms with van der Waals surface area (Å²) in [7, 11) is -3.24. The van der Waals surface area contributed by atoms with Crippen LogP contribution in [0.25, 0.3) is 0 Å². The molecule has 1 aromatic carbocycles. The van der Waals surface area contributed by atoms with Crippen molar-refractivity contribution >= 4 is 21.7 Å². The fourth-order valence-corrected chi connectivity index (χ4v) is 3.16. The van der Waals surface area contributed by atoms with Gasteiger partial charge in [-0.05, 0) is 36.6 Å². The largest absolute Gasteiger partial charge is 0.357 e. The smallest absolute Gasteiger partial charge is 0.221 e. The Morgan fingerprint density at radius 2 is 1.85 bits per heavy atom. The van der Waals surface area contributed by atoms with Gasteiger partial charge in [0.25, 0.3) is 0 Å². The van der Waals surface area contributed by atoms with Crippen LogP contribution in [-0.4, -0.2) is 46.2 Å². The van der Waals surface area contributed by atoms with Gasteiger partial charge in [0.15, 0.2) is 15.8 Å². The molecular formula is C18H29FN4O3S. The monoisotopic (exact) mass is 400 g/mol. The van der Waals surface area contributed by atoms with E-state index in [1.807, 2.05) is 13.8 Å². The molecule has 0 fully saturated rings. The number of nitrogens with one attached hydrogen (secondary N) is 3. The van der Waals surface area contributed by atoms with Crippen LogP contribution in [0.4, 0.5) is 4.39 Å². The number of amides is 1. The highest BCUT2D eigenvalue weighted by atomic mass is 32.2. The lowest BCUT2D eigenvalue weighted by Gasteiger charge is -2.12. The van der Waals surface area contributed by atoms with Crippen LogP contribution in [0.3, 0.4) is 0 Å². The normalized spacial score (nSPS) is 11.9. The molecule has 1 amide bonds. The van der Waals surface area contributed by atoms with Gasteiger partial charge in [0, 0.05) is 32.3 Å². The van der Waals surface area contributed by atoms with Gasteiger partial charge in [0.05, 0.1) is 12.3 Å². The van der Waals surface area contributed by atoms with E-state index in [0.717, 1.165) is 12.7 Å². The second kappa shape index (κ2) is 11.5. The third kappa shape index (κ3) is 9.93. The molecule has 3 N–H and O–H groups in total. The van der Waals surface area contributed by atoms with Gasteiger partial charge in [0.2, 0.25) is 5.91 Å². The third-order valence-corrected chi connectivity index (χ3v) is 4.39. The number of nitrogens with zero attached hydrogens (tertiary/aromatic N) is 1. The van der Waals surface area contributed by atoms with Gasteiger partial charge in [-0.1, -0.05) is 13.0 Å². The Balaban J connectivity index is 2.77. The molecule has 0 atom stereocenters. The summed E-state index contributed by atoms with van der Waals surface area (Å²) in [6, 6.07) is 4.01. The first kappa shape index (κ1) is 22.9. The summed E-state index contributed by atoms with van der Waals surface area (Å²) in [5.41, 5.74) is 1.04. The highest BCUT2D eigenvalue weighted by molar-refractivity contribution is 7.89. The van der Waals surface area contributed by atoms with Crippen LogP contribution in [0.15, 0.2) is 23.2 Å². The summed E-state index contributed by atoms with van der Waals surface area (Å²) in [6.07, 6.45) is 2.33. The zero-order valence-electron chi connectivity index (χ0n) is 16.1. The van der Waals surface area contributed by atoms with E-state index in [1.165, 1.54) is 18.2 Å². The lowest BCUT2D eigenvalue weighted by molar-refractivity contribution is -0.120. The Labute approximate surface area is 160 Å². The number of hydrogen-bond acceptors (Lipinski definition) is 4. The van der Waals surface area contributed by atoms with Gasteiger partial charge >= 0.3 is 0 Å². The molecule has 0 radical (unpaired) electrons. The highest BCUT2D eigenvalue weighted by Gasteiger charge is 2.11. The summed E-state index contributed by atoms with van der Waals surface area (Å²) < 4.78 is 36.7. The highest BCUT2D eigenvalue weighted by Crippen LogP contribution is 2.15. The molecule has 0 heterocycles. The Morgan fingerprint density at radius 3 is 2.48 bits per heavy atom. The van der Waals surface area contributed by atoms with Crippen molar-refractivity contribution in [2.45, 2.75) is 39.0 Å². The van der Waals surface area contributed by atoms with E-state index in [0.29, 0.717) is 43.1 Å². The molecule has 27 heavy (non-hydrogen) atoms. The maximum absolute atomic E-state index is 13.6. The molecule has 0 spiro atoms. The fraction of sp³-hybridized carbons (Fsp3) is 0.556. The Bertz CT molecular complexity index is 751. The van der Waals surface area contributed by atoms with E-state index >= 15 is 0 Å². The van der Waals surface area contributed by atoms with E-state index in [1.54, 1.807) is 0 Å². The Morgan fingerprint density at radius 1 is 1.11 bits per heavy atom. The molecule has 152 valence electrons. The summed E-state index contributed by atoms with van der Waals surface area (Å²) in [6.45, 7) is 5.69. The average molecular weight is 401 g/mol. The number of halogens is 1. The van der Waals surface area contributed by atoms with E-state index in [2.05, 4.69) is 20.9 Å². The Hall–Kier alpha value is -2.16. The molecule has 9 heteroatoms. The fourth-order valence-electron chi connectivity index (χ4n) is 2.32. The van der Waals surface area contributed by atoms with Crippen LogP contribution in [0.1, 0.15) is 37.8 Å². The number of sulfone groups is 1. The number of aliphatic imine (C=N–C) groups is 1. The maximum Gasteiger partial charge on any atom is 0.221 e. The predicted octanol–water partition coefficient (Wildman–Crippen LogP) is 1.34. The molecule has 0 unspecified atom stereocenters. The summed E-state index contributed by atoms with van der Waals surface area (Å²) in [5, 5.41) is 8.89. The van der Waals surface area contributed by atoms with Gasteiger partial charge in [-0.25, -0.2) is 17.8 Å². The maximum atomic E-state index is 13.6. The van der Waals surface area contributed by atoms with Crippen molar-refractivity contribution in [2.75, 3.05) is 25.9 Å². The number of hydrogen-bond donors (Lipinski definition) is 3. The molecule has 0 aliphatic carbocycles. The van der Waals surface area contributed by atoms with E-state index < -0.39 is 15.7 Å². The van der Waals surface area contributed by atoms with Gasteiger partial charge in [-0.3, -0.25) is 4.79 Å². The van der Waals surface area contributed by atoms with Crippen LogP contribution >= 0.6 is 0 Å². The number of benzene rings is 1. The van der Waals surface area contributed by atoms with Crippen LogP contribution in [-0.2, 0) is 26.9 Å². The van der Waals surface area contributed by atoms with Crippen molar-refractivity contribution < 1.29 is 17.6 Å².